The molecule has 3 rings (SSSR count). The molecule has 0 spiro atoms. The Balaban J connectivity index is 1.74. The largest absolute Gasteiger partial charge is 0.481 e. The molecule has 4 atom stereocenters. The molecule has 2 unspecified atom stereocenters. The maximum atomic E-state index is 12.8. The number of carboxylic acids is 1. The van der Waals surface area contributed by atoms with Gasteiger partial charge in [-0.25, -0.2) is 0 Å². The van der Waals surface area contributed by atoms with E-state index in [1.165, 1.54) is 19.3 Å². The van der Waals surface area contributed by atoms with Gasteiger partial charge in [-0.15, -0.1) is 0 Å². The Morgan fingerprint density at radius 3 is 2.35 bits per heavy atom. The highest BCUT2D eigenvalue weighted by molar-refractivity contribution is 5.87. The van der Waals surface area contributed by atoms with Crippen molar-refractivity contribution in [2.45, 2.75) is 32.6 Å². The fourth-order valence-corrected chi connectivity index (χ4v) is 4.07. The van der Waals surface area contributed by atoms with E-state index in [2.05, 4.69) is 6.08 Å². The number of hydrogen-bond donors (Lipinski definition) is 1. The summed E-state index contributed by atoms with van der Waals surface area (Å²) in [4.78, 5) is 26.2. The number of carbonyl (C=O) groups is 2. The summed E-state index contributed by atoms with van der Waals surface area (Å²) in [7, 11) is 0. The van der Waals surface area contributed by atoms with Crippen molar-refractivity contribution in [3.05, 3.63) is 12.2 Å². The maximum Gasteiger partial charge on any atom is 0.307 e. The molecule has 2 bridgehead atoms. The van der Waals surface area contributed by atoms with Crippen LogP contribution in [0.25, 0.3) is 0 Å². The molecule has 3 aliphatic carbocycles. The molecule has 4 heteroatoms. The van der Waals surface area contributed by atoms with Gasteiger partial charge in [0, 0.05) is 13.1 Å². The van der Waals surface area contributed by atoms with Crippen LogP contribution in [0, 0.1) is 29.6 Å². The minimum absolute atomic E-state index is 0.0638. The molecule has 0 aromatic rings. The Labute approximate surface area is 119 Å². The minimum Gasteiger partial charge on any atom is -0.481 e. The van der Waals surface area contributed by atoms with Crippen molar-refractivity contribution in [2.24, 2.45) is 29.6 Å². The monoisotopic (exact) mass is 277 g/mol. The van der Waals surface area contributed by atoms with Crippen LogP contribution in [0.1, 0.15) is 32.6 Å². The van der Waals surface area contributed by atoms with Crippen molar-refractivity contribution in [1.82, 2.24) is 4.90 Å². The lowest BCUT2D eigenvalue weighted by Crippen LogP contribution is -2.45. The topological polar surface area (TPSA) is 57.6 Å². The van der Waals surface area contributed by atoms with Crippen molar-refractivity contribution >= 4 is 11.9 Å². The SMILES string of the molecule is CCN(CC1CCC1)C(=O)[C@H]1C2C=CC(C2)[C@H]1C(=O)O. The van der Waals surface area contributed by atoms with E-state index in [1.54, 1.807) is 0 Å². The predicted molar refractivity (Wildman–Crippen MR) is 74.9 cm³/mol. The van der Waals surface area contributed by atoms with Crippen LogP contribution in [0.4, 0.5) is 0 Å². The first-order chi connectivity index (χ1) is 9.61. The first-order valence-corrected chi connectivity index (χ1v) is 7.81. The number of amides is 1. The lowest BCUT2D eigenvalue weighted by atomic mass is 9.81. The third-order valence-corrected chi connectivity index (χ3v) is 5.43. The van der Waals surface area contributed by atoms with Gasteiger partial charge in [-0.05, 0) is 43.9 Å². The van der Waals surface area contributed by atoms with Crippen molar-refractivity contribution < 1.29 is 14.7 Å². The predicted octanol–water partition coefficient (Wildman–Crippen LogP) is 2.16. The minimum atomic E-state index is -0.806. The first-order valence-electron chi connectivity index (χ1n) is 7.81. The lowest BCUT2D eigenvalue weighted by molar-refractivity contribution is -0.151. The fraction of sp³-hybridized carbons (Fsp3) is 0.750. The fourth-order valence-electron chi connectivity index (χ4n) is 4.07. The van der Waals surface area contributed by atoms with Gasteiger partial charge in [-0.2, -0.15) is 0 Å². The van der Waals surface area contributed by atoms with Gasteiger partial charge in [-0.1, -0.05) is 18.6 Å². The van der Waals surface area contributed by atoms with E-state index >= 15 is 0 Å². The van der Waals surface area contributed by atoms with Crippen LogP contribution in [0.3, 0.4) is 0 Å². The molecule has 20 heavy (non-hydrogen) atoms. The molecule has 110 valence electrons. The Morgan fingerprint density at radius 2 is 1.85 bits per heavy atom. The average molecular weight is 277 g/mol. The molecule has 0 heterocycles. The van der Waals surface area contributed by atoms with Crippen LogP contribution in [-0.4, -0.2) is 35.0 Å². The molecule has 0 radical (unpaired) electrons. The second-order valence-corrected chi connectivity index (χ2v) is 6.51. The zero-order chi connectivity index (χ0) is 14.3. The van der Waals surface area contributed by atoms with E-state index in [4.69, 9.17) is 0 Å². The summed E-state index contributed by atoms with van der Waals surface area (Å²) in [6.07, 6.45) is 8.59. The van der Waals surface area contributed by atoms with Crippen LogP contribution >= 0.6 is 0 Å². The van der Waals surface area contributed by atoms with Crippen molar-refractivity contribution in [2.75, 3.05) is 13.1 Å². The zero-order valence-electron chi connectivity index (χ0n) is 12.0. The number of carboxylic acid groups (broad SMARTS) is 1. The second-order valence-electron chi connectivity index (χ2n) is 6.51. The molecule has 0 aliphatic heterocycles. The van der Waals surface area contributed by atoms with E-state index < -0.39 is 11.9 Å². The van der Waals surface area contributed by atoms with Gasteiger partial charge in [0.1, 0.15) is 0 Å². The Morgan fingerprint density at radius 1 is 1.20 bits per heavy atom. The second kappa shape index (κ2) is 5.23. The molecular weight excluding hydrogens is 254 g/mol. The van der Waals surface area contributed by atoms with Crippen LogP contribution in [0.5, 0.6) is 0 Å². The first kappa shape index (κ1) is 13.7. The summed E-state index contributed by atoms with van der Waals surface area (Å²) in [5.41, 5.74) is 0. The third-order valence-electron chi connectivity index (χ3n) is 5.43. The number of carbonyl (C=O) groups excluding carboxylic acids is 1. The zero-order valence-corrected chi connectivity index (χ0v) is 12.0. The number of rotatable bonds is 5. The van der Waals surface area contributed by atoms with E-state index in [0.717, 1.165) is 13.0 Å². The van der Waals surface area contributed by atoms with Gasteiger partial charge in [0.25, 0.3) is 0 Å². The van der Waals surface area contributed by atoms with E-state index in [1.807, 2.05) is 17.9 Å². The number of hydrogen-bond acceptors (Lipinski definition) is 2. The van der Waals surface area contributed by atoms with Gasteiger partial charge in [0.15, 0.2) is 0 Å². The summed E-state index contributed by atoms with van der Waals surface area (Å²) < 4.78 is 0. The highest BCUT2D eigenvalue weighted by Gasteiger charge is 2.52. The molecule has 0 saturated heterocycles. The highest BCUT2D eigenvalue weighted by Crippen LogP contribution is 2.49. The number of aliphatic carboxylic acids is 1. The molecule has 0 aromatic heterocycles. The number of nitrogens with zero attached hydrogens (tertiary/aromatic N) is 1. The number of fused-ring (bicyclic) bond motifs is 2. The van der Waals surface area contributed by atoms with Crippen molar-refractivity contribution in [3.8, 4) is 0 Å². The summed E-state index contributed by atoms with van der Waals surface area (Å²) in [5.74, 6) is -0.728. The lowest BCUT2D eigenvalue weighted by Gasteiger charge is -2.35. The summed E-state index contributed by atoms with van der Waals surface area (Å²) in [5, 5.41) is 9.44. The Hall–Kier alpha value is -1.32. The summed E-state index contributed by atoms with van der Waals surface area (Å²) in [6.45, 7) is 3.51. The van der Waals surface area contributed by atoms with E-state index in [-0.39, 0.29) is 23.7 Å². The Kier molecular flexibility index (Phi) is 3.57. The molecule has 3 aliphatic rings. The van der Waals surface area contributed by atoms with Gasteiger partial charge in [-0.3, -0.25) is 9.59 Å². The number of allylic oxidation sites excluding steroid dienone is 2. The third kappa shape index (κ3) is 2.15. The quantitative estimate of drug-likeness (QED) is 0.783. The smallest absolute Gasteiger partial charge is 0.307 e. The maximum absolute atomic E-state index is 12.8. The van der Waals surface area contributed by atoms with Crippen molar-refractivity contribution in [1.29, 1.82) is 0 Å². The van der Waals surface area contributed by atoms with E-state index in [9.17, 15) is 14.7 Å². The van der Waals surface area contributed by atoms with Crippen LogP contribution < -0.4 is 0 Å². The van der Waals surface area contributed by atoms with Crippen LogP contribution in [0.2, 0.25) is 0 Å². The molecule has 1 amide bonds. The van der Waals surface area contributed by atoms with Gasteiger partial charge >= 0.3 is 5.97 Å². The van der Waals surface area contributed by atoms with Crippen LogP contribution in [-0.2, 0) is 9.59 Å². The summed E-state index contributed by atoms with van der Waals surface area (Å²) >= 11 is 0. The standard InChI is InChI=1S/C16H23NO3/c1-2-17(9-10-4-3-5-10)15(18)13-11-6-7-12(8-11)14(13)16(19)20/h6-7,10-14H,2-5,8-9H2,1H3,(H,19,20)/t11?,12?,13-,14+/m0/s1. The molecule has 2 saturated carbocycles. The molecular formula is C16H23NO3. The van der Waals surface area contributed by atoms with Gasteiger partial charge in [0.05, 0.1) is 11.8 Å². The molecule has 4 nitrogen and oxygen atoms in total. The van der Waals surface area contributed by atoms with Gasteiger partial charge in [0.2, 0.25) is 5.91 Å². The molecule has 0 aromatic carbocycles. The van der Waals surface area contributed by atoms with Gasteiger partial charge < -0.3 is 10.0 Å². The van der Waals surface area contributed by atoms with E-state index in [0.29, 0.717) is 12.5 Å². The molecule has 2 fully saturated rings. The summed E-state index contributed by atoms with van der Waals surface area (Å²) in [6, 6.07) is 0. The van der Waals surface area contributed by atoms with Crippen LogP contribution in [0.15, 0.2) is 12.2 Å². The average Bonchev–Trinajstić information content (AvgIpc) is 2.96. The Bertz CT molecular complexity index is 441. The molecule has 1 N–H and O–H groups in total. The normalized spacial score (nSPS) is 35.0. The van der Waals surface area contributed by atoms with Crippen molar-refractivity contribution in [3.63, 3.8) is 0 Å². The highest BCUT2D eigenvalue weighted by atomic mass is 16.4.